The number of aromatic nitrogens is 1. The van der Waals surface area contributed by atoms with Crippen LogP contribution in [0.25, 0.3) is 0 Å². The molecule has 0 bridgehead atoms. The Morgan fingerprint density at radius 1 is 1.36 bits per heavy atom. The molecule has 0 unspecified atom stereocenters. The molecule has 4 nitrogen and oxygen atoms in total. The number of nitrogens with zero attached hydrogens (tertiary/aromatic N) is 2. The molecule has 1 spiro atoms. The van der Waals surface area contributed by atoms with Crippen LogP contribution in [0.1, 0.15) is 17.7 Å². The number of ether oxygens (including phenoxy) is 1. The minimum Gasteiger partial charge on any atom is -0.468 e. The third-order valence-electron chi connectivity index (χ3n) is 4.37. The maximum absolute atomic E-state index is 6.06. The molecule has 2 saturated heterocycles. The maximum Gasteiger partial charge on any atom is 0.117 e. The molecule has 2 aromatic rings. The summed E-state index contributed by atoms with van der Waals surface area (Å²) in [6, 6.07) is 8.03. The second kappa shape index (κ2) is 6.07. The summed E-state index contributed by atoms with van der Waals surface area (Å²) in [6.45, 7) is 3.89. The first kappa shape index (κ1) is 14.3. The molecule has 0 saturated carbocycles. The lowest BCUT2D eigenvalue weighted by Gasteiger charge is -2.47. The van der Waals surface area contributed by atoms with E-state index in [1.54, 1.807) is 12.5 Å². The van der Waals surface area contributed by atoms with Gasteiger partial charge in [-0.15, -0.1) is 11.8 Å². The van der Waals surface area contributed by atoms with Gasteiger partial charge >= 0.3 is 0 Å². The van der Waals surface area contributed by atoms with Gasteiger partial charge in [0.25, 0.3) is 0 Å². The highest BCUT2D eigenvalue weighted by atomic mass is 32.2. The molecule has 4 rings (SSSR count). The van der Waals surface area contributed by atoms with E-state index in [1.807, 2.05) is 24.4 Å². The number of pyridine rings is 1. The van der Waals surface area contributed by atoms with Crippen molar-refractivity contribution < 1.29 is 9.15 Å². The fourth-order valence-corrected chi connectivity index (χ4v) is 4.94. The molecule has 1 atom stereocenters. The van der Waals surface area contributed by atoms with Crippen molar-refractivity contribution in [1.82, 2.24) is 9.88 Å². The summed E-state index contributed by atoms with van der Waals surface area (Å²) in [5, 5.41) is 0. The third-order valence-corrected chi connectivity index (χ3v) is 5.94. The lowest BCUT2D eigenvalue weighted by Crippen LogP contribution is -2.58. The summed E-state index contributed by atoms with van der Waals surface area (Å²) in [7, 11) is 0. The first-order valence-corrected chi connectivity index (χ1v) is 8.69. The van der Waals surface area contributed by atoms with Crippen molar-refractivity contribution in [3.63, 3.8) is 0 Å². The van der Waals surface area contributed by atoms with E-state index < -0.39 is 0 Å². The SMILES string of the molecule is c1cncc(CO[C@@H]2CSC3(C2)CN(Cc2ccco2)C3)c1. The number of rotatable bonds is 5. The van der Waals surface area contributed by atoms with Crippen LogP contribution in [0.15, 0.2) is 47.3 Å². The predicted octanol–water partition coefficient (Wildman–Crippen LogP) is 2.95. The van der Waals surface area contributed by atoms with Crippen molar-refractivity contribution in [1.29, 1.82) is 0 Å². The molecule has 0 amide bonds. The molecule has 2 aliphatic rings. The average Bonchev–Trinajstić information content (AvgIpc) is 3.16. The van der Waals surface area contributed by atoms with E-state index in [2.05, 4.69) is 27.7 Å². The molecule has 0 N–H and O–H groups in total. The highest BCUT2D eigenvalue weighted by molar-refractivity contribution is 8.01. The Bertz CT molecular complexity index is 596. The highest BCUT2D eigenvalue weighted by Crippen LogP contribution is 2.46. The van der Waals surface area contributed by atoms with Gasteiger partial charge in [-0.25, -0.2) is 0 Å². The maximum atomic E-state index is 6.06. The Kier molecular flexibility index (Phi) is 3.94. The molecular formula is C17H20N2O2S. The van der Waals surface area contributed by atoms with Gasteiger partial charge in [-0.1, -0.05) is 6.07 Å². The van der Waals surface area contributed by atoms with Crippen LogP contribution in [-0.4, -0.2) is 39.6 Å². The molecule has 4 heterocycles. The van der Waals surface area contributed by atoms with Crippen LogP contribution >= 0.6 is 11.8 Å². The lowest BCUT2D eigenvalue weighted by molar-refractivity contribution is 0.0249. The smallest absolute Gasteiger partial charge is 0.117 e. The van der Waals surface area contributed by atoms with Gasteiger partial charge in [-0.2, -0.15) is 0 Å². The fourth-order valence-electron chi connectivity index (χ4n) is 3.33. The largest absolute Gasteiger partial charge is 0.468 e. The number of hydrogen-bond acceptors (Lipinski definition) is 5. The van der Waals surface area contributed by atoms with Gasteiger partial charge in [0.15, 0.2) is 0 Å². The minimum atomic E-state index is 0.371. The fraction of sp³-hybridized carbons (Fsp3) is 0.471. The van der Waals surface area contributed by atoms with E-state index in [0.29, 0.717) is 17.5 Å². The Balaban J connectivity index is 1.23. The number of furan rings is 1. The standard InChI is InChI=1S/C17H20N2O2S/c1-3-14(8-18-5-1)10-21-16-7-17(22-11-16)12-19(13-17)9-15-4-2-6-20-15/h1-6,8,16H,7,9-13H2/t16-/m0/s1. The van der Waals surface area contributed by atoms with Crippen molar-refractivity contribution in [3.05, 3.63) is 54.2 Å². The average molecular weight is 316 g/mol. The number of thioether (sulfide) groups is 1. The van der Waals surface area contributed by atoms with Gasteiger partial charge in [-0.3, -0.25) is 9.88 Å². The topological polar surface area (TPSA) is 38.5 Å². The van der Waals surface area contributed by atoms with Gasteiger partial charge < -0.3 is 9.15 Å². The highest BCUT2D eigenvalue weighted by Gasteiger charge is 2.49. The van der Waals surface area contributed by atoms with Crippen molar-refractivity contribution >= 4 is 11.8 Å². The molecule has 2 aliphatic heterocycles. The molecule has 5 heteroatoms. The van der Waals surface area contributed by atoms with E-state index in [-0.39, 0.29) is 0 Å². The van der Waals surface area contributed by atoms with E-state index in [0.717, 1.165) is 43.1 Å². The van der Waals surface area contributed by atoms with Crippen LogP contribution in [0.5, 0.6) is 0 Å². The van der Waals surface area contributed by atoms with Crippen LogP contribution in [0, 0.1) is 0 Å². The first-order valence-electron chi connectivity index (χ1n) is 7.71. The predicted molar refractivity (Wildman–Crippen MR) is 86.6 cm³/mol. The van der Waals surface area contributed by atoms with E-state index in [4.69, 9.17) is 9.15 Å². The van der Waals surface area contributed by atoms with Gasteiger partial charge in [0.2, 0.25) is 0 Å². The zero-order valence-electron chi connectivity index (χ0n) is 12.5. The Morgan fingerprint density at radius 3 is 3.09 bits per heavy atom. The Morgan fingerprint density at radius 2 is 2.32 bits per heavy atom. The molecular weight excluding hydrogens is 296 g/mol. The summed E-state index contributed by atoms with van der Waals surface area (Å²) in [4.78, 5) is 6.58. The van der Waals surface area contributed by atoms with Gasteiger partial charge in [0.05, 0.1) is 25.5 Å². The second-order valence-electron chi connectivity index (χ2n) is 6.22. The number of likely N-dealkylation sites (tertiary alicyclic amines) is 1. The van der Waals surface area contributed by atoms with Crippen LogP contribution < -0.4 is 0 Å². The quantitative estimate of drug-likeness (QED) is 0.848. The zero-order valence-corrected chi connectivity index (χ0v) is 13.3. The lowest BCUT2D eigenvalue weighted by atomic mass is 9.93. The zero-order chi connectivity index (χ0) is 14.8. The van der Waals surface area contributed by atoms with E-state index in [1.165, 1.54) is 0 Å². The van der Waals surface area contributed by atoms with Crippen LogP contribution in [0.3, 0.4) is 0 Å². The normalized spacial score (nSPS) is 23.7. The molecule has 2 fully saturated rings. The van der Waals surface area contributed by atoms with Crippen molar-refractivity contribution in [3.8, 4) is 0 Å². The monoisotopic (exact) mass is 316 g/mol. The molecule has 116 valence electrons. The minimum absolute atomic E-state index is 0.371. The molecule has 0 aliphatic carbocycles. The summed E-state index contributed by atoms with van der Waals surface area (Å²) in [5.74, 6) is 2.16. The van der Waals surface area contributed by atoms with E-state index >= 15 is 0 Å². The number of hydrogen-bond donors (Lipinski definition) is 0. The van der Waals surface area contributed by atoms with Gasteiger partial charge in [0.1, 0.15) is 5.76 Å². The summed E-state index contributed by atoms with van der Waals surface area (Å²) in [5.41, 5.74) is 1.15. The summed E-state index contributed by atoms with van der Waals surface area (Å²) < 4.78 is 11.9. The first-order chi connectivity index (χ1) is 10.8. The van der Waals surface area contributed by atoms with Crippen LogP contribution in [-0.2, 0) is 17.9 Å². The molecule has 22 heavy (non-hydrogen) atoms. The van der Waals surface area contributed by atoms with Crippen LogP contribution in [0.2, 0.25) is 0 Å². The van der Waals surface area contributed by atoms with Crippen LogP contribution in [0.4, 0.5) is 0 Å². The molecule has 0 radical (unpaired) electrons. The molecule has 2 aromatic heterocycles. The second-order valence-corrected chi connectivity index (χ2v) is 7.70. The third kappa shape index (κ3) is 3.07. The summed E-state index contributed by atoms with van der Waals surface area (Å²) in [6.07, 6.45) is 6.96. The Labute approximate surface area is 134 Å². The van der Waals surface area contributed by atoms with Crippen molar-refractivity contribution in [2.24, 2.45) is 0 Å². The summed E-state index contributed by atoms with van der Waals surface area (Å²) >= 11 is 2.08. The van der Waals surface area contributed by atoms with Gasteiger partial charge in [0, 0.05) is 36.0 Å². The Hall–Kier alpha value is -1.30. The van der Waals surface area contributed by atoms with Gasteiger partial charge in [-0.05, 0) is 30.2 Å². The van der Waals surface area contributed by atoms with Crippen molar-refractivity contribution in [2.45, 2.75) is 30.4 Å². The van der Waals surface area contributed by atoms with E-state index in [9.17, 15) is 0 Å². The molecule has 0 aromatic carbocycles. The van der Waals surface area contributed by atoms with Crippen molar-refractivity contribution in [2.75, 3.05) is 18.8 Å².